The lowest BCUT2D eigenvalue weighted by Crippen LogP contribution is -2.18. The van der Waals surface area contributed by atoms with Gasteiger partial charge in [0.1, 0.15) is 0 Å². The third-order valence-corrected chi connectivity index (χ3v) is 2.98. The molecule has 106 valence electrons. The maximum absolute atomic E-state index is 12.2. The van der Waals surface area contributed by atoms with Crippen molar-refractivity contribution in [3.63, 3.8) is 0 Å². The van der Waals surface area contributed by atoms with Gasteiger partial charge in [0.15, 0.2) is 0 Å². The van der Waals surface area contributed by atoms with E-state index in [4.69, 9.17) is 5.73 Å². The predicted molar refractivity (Wildman–Crippen MR) is 83.7 cm³/mol. The van der Waals surface area contributed by atoms with E-state index >= 15 is 0 Å². The van der Waals surface area contributed by atoms with Gasteiger partial charge >= 0.3 is 0 Å². The van der Waals surface area contributed by atoms with E-state index in [0.29, 0.717) is 16.8 Å². The quantitative estimate of drug-likeness (QED) is 0.845. The third-order valence-electron chi connectivity index (χ3n) is 2.98. The van der Waals surface area contributed by atoms with E-state index < -0.39 is 5.91 Å². The van der Waals surface area contributed by atoms with Crippen LogP contribution in [0.15, 0.2) is 60.2 Å². The summed E-state index contributed by atoms with van der Waals surface area (Å²) in [4.78, 5) is 23.5. The molecule has 4 nitrogen and oxygen atoms in total. The van der Waals surface area contributed by atoms with Crippen LogP contribution >= 0.6 is 0 Å². The molecule has 2 amide bonds. The minimum absolute atomic E-state index is 0.271. The van der Waals surface area contributed by atoms with E-state index in [0.717, 1.165) is 5.56 Å². The fourth-order valence-corrected chi connectivity index (χ4v) is 1.89. The first-order valence-corrected chi connectivity index (χ1v) is 6.51. The van der Waals surface area contributed by atoms with Crippen LogP contribution in [-0.4, -0.2) is 11.8 Å². The number of nitrogens with two attached hydrogens (primary N) is 1. The monoisotopic (exact) mass is 280 g/mol. The Labute approximate surface area is 123 Å². The van der Waals surface area contributed by atoms with Crippen molar-refractivity contribution in [3.8, 4) is 0 Å². The molecule has 4 heteroatoms. The second-order valence-electron chi connectivity index (χ2n) is 4.60. The Balaban J connectivity index is 2.19. The number of carbonyl (C=O) groups is 2. The molecule has 2 aromatic rings. The van der Waals surface area contributed by atoms with Gasteiger partial charge in [0, 0.05) is 5.57 Å². The van der Waals surface area contributed by atoms with E-state index in [-0.39, 0.29) is 5.91 Å². The molecule has 0 radical (unpaired) electrons. The average molecular weight is 280 g/mol. The van der Waals surface area contributed by atoms with Crippen LogP contribution in [0, 0.1) is 0 Å². The molecule has 0 heterocycles. The Morgan fingerprint density at radius 3 is 2.29 bits per heavy atom. The van der Waals surface area contributed by atoms with Crippen molar-refractivity contribution in [3.05, 3.63) is 71.3 Å². The molecule has 0 atom stereocenters. The minimum atomic E-state index is -0.574. The molecule has 21 heavy (non-hydrogen) atoms. The van der Waals surface area contributed by atoms with E-state index in [9.17, 15) is 9.59 Å². The number of carbonyl (C=O) groups excluding carboxylic acids is 2. The largest absolute Gasteiger partial charge is 0.366 e. The Bertz CT molecular complexity index is 691. The number of hydrogen-bond donors (Lipinski definition) is 2. The number of hydrogen-bond acceptors (Lipinski definition) is 2. The Morgan fingerprint density at radius 2 is 1.62 bits per heavy atom. The first-order chi connectivity index (χ1) is 10.1. The van der Waals surface area contributed by atoms with Crippen LogP contribution in [0.1, 0.15) is 22.8 Å². The lowest BCUT2D eigenvalue weighted by Gasteiger charge is -2.09. The highest BCUT2D eigenvalue weighted by Gasteiger charge is 2.11. The van der Waals surface area contributed by atoms with E-state index in [1.165, 1.54) is 0 Å². The van der Waals surface area contributed by atoms with E-state index in [1.54, 1.807) is 37.3 Å². The summed E-state index contributed by atoms with van der Waals surface area (Å²) < 4.78 is 0. The summed E-state index contributed by atoms with van der Waals surface area (Å²) in [6.07, 6.45) is 1.78. The molecule has 2 aromatic carbocycles. The second kappa shape index (κ2) is 6.52. The number of nitrogens with one attached hydrogen (secondary N) is 1. The normalized spacial score (nSPS) is 11.0. The fourth-order valence-electron chi connectivity index (χ4n) is 1.89. The molecule has 2 rings (SSSR count). The Kier molecular flexibility index (Phi) is 4.51. The summed E-state index contributed by atoms with van der Waals surface area (Å²) in [5.41, 5.74) is 7.47. The summed E-state index contributed by atoms with van der Waals surface area (Å²) in [6.45, 7) is 1.72. The maximum atomic E-state index is 12.2. The smallest absolute Gasteiger partial charge is 0.251 e. The summed E-state index contributed by atoms with van der Waals surface area (Å²) in [5.74, 6) is -0.844. The molecular weight excluding hydrogens is 264 g/mol. The van der Waals surface area contributed by atoms with Crippen molar-refractivity contribution < 1.29 is 9.59 Å². The number of amides is 2. The molecule has 0 aliphatic rings. The van der Waals surface area contributed by atoms with Gasteiger partial charge in [-0.2, -0.15) is 0 Å². The highest BCUT2D eigenvalue weighted by atomic mass is 16.2. The lowest BCUT2D eigenvalue weighted by molar-refractivity contribution is -0.112. The van der Waals surface area contributed by atoms with Crippen LogP contribution in [0.4, 0.5) is 5.69 Å². The van der Waals surface area contributed by atoms with Crippen molar-refractivity contribution in [2.24, 2.45) is 5.73 Å². The molecular formula is C17H16N2O2. The highest BCUT2D eigenvalue weighted by Crippen LogP contribution is 2.16. The topological polar surface area (TPSA) is 72.2 Å². The molecule has 0 unspecified atom stereocenters. The van der Waals surface area contributed by atoms with Gasteiger partial charge in [0.2, 0.25) is 0 Å². The van der Waals surface area contributed by atoms with Gasteiger partial charge in [-0.25, -0.2) is 0 Å². The number of rotatable bonds is 4. The number of benzene rings is 2. The van der Waals surface area contributed by atoms with Crippen molar-refractivity contribution >= 4 is 23.6 Å². The average Bonchev–Trinajstić information content (AvgIpc) is 2.48. The first kappa shape index (κ1) is 14.5. The van der Waals surface area contributed by atoms with Crippen LogP contribution in [-0.2, 0) is 4.79 Å². The summed E-state index contributed by atoms with van der Waals surface area (Å²) in [7, 11) is 0. The third kappa shape index (κ3) is 3.79. The molecule has 0 spiro atoms. The van der Waals surface area contributed by atoms with Crippen molar-refractivity contribution in [1.29, 1.82) is 0 Å². The molecule has 0 aliphatic heterocycles. The van der Waals surface area contributed by atoms with Gasteiger partial charge in [-0.3, -0.25) is 9.59 Å². The van der Waals surface area contributed by atoms with Crippen molar-refractivity contribution in [1.82, 2.24) is 0 Å². The van der Waals surface area contributed by atoms with Crippen LogP contribution in [0.2, 0.25) is 0 Å². The van der Waals surface area contributed by atoms with E-state index in [2.05, 4.69) is 5.32 Å². The minimum Gasteiger partial charge on any atom is -0.366 e. The van der Waals surface area contributed by atoms with Crippen LogP contribution < -0.4 is 11.1 Å². The SMILES string of the molecule is CC(=Cc1ccccc1)C(=O)Nc1ccccc1C(N)=O. The van der Waals surface area contributed by atoms with Gasteiger partial charge in [0.25, 0.3) is 11.8 Å². The van der Waals surface area contributed by atoms with Crippen LogP contribution in [0.25, 0.3) is 6.08 Å². The van der Waals surface area contributed by atoms with Gasteiger partial charge in [-0.1, -0.05) is 42.5 Å². The van der Waals surface area contributed by atoms with Crippen LogP contribution in [0.3, 0.4) is 0 Å². The Morgan fingerprint density at radius 1 is 1.00 bits per heavy atom. The lowest BCUT2D eigenvalue weighted by atomic mass is 10.1. The highest BCUT2D eigenvalue weighted by molar-refractivity contribution is 6.09. The zero-order chi connectivity index (χ0) is 15.2. The molecule has 3 N–H and O–H groups in total. The summed E-state index contributed by atoms with van der Waals surface area (Å²) in [5, 5.41) is 2.70. The van der Waals surface area contributed by atoms with E-state index in [1.807, 2.05) is 30.3 Å². The number of anilines is 1. The van der Waals surface area contributed by atoms with Crippen molar-refractivity contribution in [2.75, 3.05) is 5.32 Å². The van der Waals surface area contributed by atoms with Gasteiger partial charge in [0.05, 0.1) is 11.3 Å². The Hall–Kier alpha value is -2.88. The van der Waals surface area contributed by atoms with Crippen LogP contribution in [0.5, 0.6) is 0 Å². The molecule has 0 saturated carbocycles. The summed E-state index contributed by atoms with van der Waals surface area (Å²) in [6, 6.07) is 16.2. The standard InChI is InChI=1S/C17H16N2O2/c1-12(11-13-7-3-2-4-8-13)17(21)19-15-10-6-5-9-14(15)16(18)20/h2-11H,1H3,(H2,18,20)(H,19,21). The van der Waals surface area contributed by atoms with Gasteiger partial charge in [-0.05, 0) is 30.7 Å². The summed E-state index contributed by atoms with van der Waals surface area (Å²) >= 11 is 0. The number of para-hydroxylation sites is 1. The zero-order valence-electron chi connectivity index (χ0n) is 11.7. The van der Waals surface area contributed by atoms with Gasteiger partial charge in [-0.15, -0.1) is 0 Å². The van der Waals surface area contributed by atoms with Crippen molar-refractivity contribution in [2.45, 2.75) is 6.92 Å². The number of primary amides is 1. The molecule has 0 aromatic heterocycles. The molecule has 0 fully saturated rings. The molecule has 0 saturated heterocycles. The predicted octanol–water partition coefficient (Wildman–Crippen LogP) is 2.83. The van der Waals surface area contributed by atoms with Gasteiger partial charge < -0.3 is 11.1 Å². The fraction of sp³-hybridized carbons (Fsp3) is 0.0588. The molecule has 0 aliphatic carbocycles. The first-order valence-electron chi connectivity index (χ1n) is 6.51. The second-order valence-corrected chi connectivity index (χ2v) is 4.60. The maximum Gasteiger partial charge on any atom is 0.251 e. The molecule has 0 bridgehead atoms. The zero-order valence-corrected chi connectivity index (χ0v) is 11.7.